The third-order valence-electron chi connectivity index (χ3n) is 5.52. The quantitative estimate of drug-likeness (QED) is 0.432. The van der Waals surface area contributed by atoms with Gasteiger partial charge in [0.25, 0.3) is 5.91 Å². The Bertz CT molecular complexity index is 1200. The van der Waals surface area contributed by atoms with Crippen LogP contribution in [-0.4, -0.2) is 44.4 Å². The summed E-state index contributed by atoms with van der Waals surface area (Å²) in [6.45, 7) is 1.52. The lowest BCUT2D eigenvalue weighted by Gasteiger charge is -2.21. The summed E-state index contributed by atoms with van der Waals surface area (Å²) < 4.78 is 18.3. The van der Waals surface area contributed by atoms with Gasteiger partial charge in [0.05, 0.1) is 13.7 Å². The molecule has 1 aromatic heterocycles. The second kappa shape index (κ2) is 9.30. The molecule has 4 N–H and O–H groups in total. The summed E-state index contributed by atoms with van der Waals surface area (Å²) in [5.41, 5.74) is 6.29. The van der Waals surface area contributed by atoms with Crippen LogP contribution in [0.2, 0.25) is 0 Å². The fraction of sp³-hybridized carbons (Fsp3) is 0.261. The van der Waals surface area contributed by atoms with Gasteiger partial charge < -0.3 is 21.1 Å². The second-order valence-corrected chi connectivity index (χ2v) is 8.07. The maximum atomic E-state index is 13.1. The minimum absolute atomic E-state index is 0.0797. The molecule has 0 bridgehead atoms. The van der Waals surface area contributed by atoms with E-state index in [2.05, 4.69) is 25.6 Å². The van der Waals surface area contributed by atoms with Crippen molar-refractivity contribution >= 4 is 29.5 Å². The molecule has 0 unspecified atom stereocenters. The molecule has 0 aliphatic carbocycles. The van der Waals surface area contributed by atoms with Gasteiger partial charge in [0.1, 0.15) is 17.1 Å². The summed E-state index contributed by atoms with van der Waals surface area (Å²) in [5, 5.41) is 5.68. The van der Waals surface area contributed by atoms with Crippen molar-refractivity contribution in [2.24, 2.45) is 0 Å². The largest absolute Gasteiger partial charge is 0.497 e. The van der Waals surface area contributed by atoms with E-state index in [1.54, 1.807) is 14.0 Å². The molecule has 11 heteroatoms. The number of anilines is 3. The molecule has 0 saturated carbocycles. The highest BCUT2D eigenvalue weighted by Crippen LogP contribution is 2.25. The molecule has 1 aliphatic heterocycles. The summed E-state index contributed by atoms with van der Waals surface area (Å²) in [7, 11) is 1.60. The molecule has 176 valence electrons. The lowest BCUT2D eigenvalue weighted by Crippen LogP contribution is -2.44. The zero-order valence-electron chi connectivity index (χ0n) is 18.7. The molecule has 34 heavy (non-hydrogen) atoms. The first-order valence-electron chi connectivity index (χ1n) is 10.6. The molecule has 2 heterocycles. The van der Waals surface area contributed by atoms with Crippen molar-refractivity contribution in [1.82, 2.24) is 25.2 Å². The number of nitrogens with zero attached hydrogens (tertiary/aromatic N) is 4. The van der Waals surface area contributed by atoms with E-state index in [4.69, 9.17) is 10.5 Å². The SMILES string of the molecule is COc1ccc(CC[C@]2(C)NC(=O)N(Cc3nc(N)nc(Nc4ccc(F)cc4)n3)C2=O)cc1. The fourth-order valence-corrected chi connectivity index (χ4v) is 3.61. The smallest absolute Gasteiger partial charge is 0.325 e. The number of methoxy groups -OCH3 is 1. The molecule has 4 rings (SSSR count). The van der Waals surface area contributed by atoms with Gasteiger partial charge in [-0.25, -0.2) is 9.18 Å². The molecule has 2 aromatic carbocycles. The van der Waals surface area contributed by atoms with Crippen molar-refractivity contribution < 1.29 is 18.7 Å². The molecular formula is C23H24FN7O3. The zero-order valence-corrected chi connectivity index (χ0v) is 18.7. The first kappa shape index (κ1) is 22.9. The number of imide groups is 1. The van der Waals surface area contributed by atoms with E-state index in [0.29, 0.717) is 18.5 Å². The molecule has 3 aromatic rings. The topological polar surface area (TPSA) is 135 Å². The van der Waals surface area contributed by atoms with E-state index < -0.39 is 11.6 Å². The first-order chi connectivity index (χ1) is 16.3. The molecule has 0 spiro atoms. The zero-order chi connectivity index (χ0) is 24.3. The molecule has 3 amide bonds. The highest BCUT2D eigenvalue weighted by molar-refractivity contribution is 6.06. The van der Waals surface area contributed by atoms with Crippen LogP contribution < -0.4 is 21.1 Å². The third-order valence-corrected chi connectivity index (χ3v) is 5.52. The van der Waals surface area contributed by atoms with Gasteiger partial charge in [-0.2, -0.15) is 15.0 Å². The summed E-state index contributed by atoms with van der Waals surface area (Å²) in [6.07, 6.45) is 1.00. The normalized spacial score (nSPS) is 17.6. The Kier molecular flexibility index (Phi) is 6.26. The van der Waals surface area contributed by atoms with E-state index in [0.717, 1.165) is 16.2 Å². The second-order valence-electron chi connectivity index (χ2n) is 8.07. The standard InChI is InChI=1S/C23H24FN7O3/c1-23(12-11-14-3-9-17(34-2)10-4-14)19(32)31(22(33)30-23)13-18-27-20(25)29-21(28-18)26-16-7-5-15(24)6-8-16/h3-10H,11-13H2,1-2H3,(H,30,33)(H3,25,26,27,28,29)/t23-/m0/s1. The van der Waals surface area contributed by atoms with Crippen molar-refractivity contribution in [1.29, 1.82) is 0 Å². The Morgan fingerprint density at radius 3 is 2.47 bits per heavy atom. The van der Waals surface area contributed by atoms with Crippen LogP contribution in [0.1, 0.15) is 24.7 Å². The monoisotopic (exact) mass is 465 g/mol. The number of hydrogen-bond donors (Lipinski definition) is 3. The molecule has 1 atom stereocenters. The van der Waals surface area contributed by atoms with Crippen molar-refractivity contribution in [3.8, 4) is 5.75 Å². The minimum Gasteiger partial charge on any atom is -0.497 e. The predicted molar refractivity (Wildman–Crippen MR) is 123 cm³/mol. The Morgan fingerprint density at radius 2 is 1.79 bits per heavy atom. The Balaban J connectivity index is 1.45. The van der Waals surface area contributed by atoms with Crippen LogP contribution in [0.25, 0.3) is 0 Å². The van der Waals surface area contributed by atoms with Gasteiger partial charge in [0.15, 0.2) is 5.82 Å². The van der Waals surface area contributed by atoms with Gasteiger partial charge in [-0.15, -0.1) is 0 Å². The number of nitrogens with one attached hydrogen (secondary N) is 2. The molecular weight excluding hydrogens is 441 g/mol. The number of rotatable bonds is 8. The number of carbonyl (C=O) groups is 2. The number of nitrogen functional groups attached to an aromatic ring is 1. The number of aryl methyl sites for hydroxylation is 1. The minimum atomic E-state index is -1.06. The van der Waals surface area contributed by atoms with E-state index in [9.17, 15) is 14.0 Å². The fourth-order valence-electron chi connectivity index (χ4n) is 3.61. The Hall–Kier alpha value is -4.28. The van der Waals surface area contributed by atoms with Crippen LogP contribution in [0.3, 0.4) is 0 Å². The number of amides is 3. The number of aromatic nitrogens is 3. The number of hydrogen-bond acceptors (Lipinski definition) is 8. The lowest BCUT2D eigenvalue weighted by molar-refractivity contribution is -0.131. The van der Waals surface area contributed by atoms with Crippen LogP contribution >= 0.6 is 0 Å². The number of urea groups is 1. The highest BCUT2D eigenvalue weighted by Gasteiger charge is 2.47. The summed E-state index contributed by atoms with van der Waals surface area (Å²) >= 11 is 0. The first-order valence-corrected chi connectivity index (χ1v) is 10.6. The number of benzene rings is 2. The van der Waals surface area contributed by atoms with E-state index in [1.807, 2.05) is 24.3 Å². The van der Waals surface area contributed by atoms with Gasteiger partial charge in [-0.05, 0) is 61.7 Å². The van der Waals surface area contributed by atoms with Crippen molar-refractivity contribution in [3.63, 3.8) is 0 Å². The van der Waals surface area contributed by atoms with E-state index in [-0.39, 0.29) is 36.0 Å². The lowest BCUT2D eigenvalue weighted by atomic mass is 9.93. The van der Waals surface area contributed by atoms with Gasteiger partial charge in [-0.1, -0.05) is 12.1 Å². The Morgan fingerprint density at radius 1 is 1.09 bits per heavy atom. The van der Waals surface area contributed by atoms with Crippen molar-refractivity contribution in [2.75, 3.05) is 18.2 Å². The maximum Gasteiger partial charge on any atom is 0.325 e. The van der Waals surface area contributed by atoms with Gasteiger partial charge >= 0.3 is 6.03 Å². The average molecular weight is 465 g/mol. The Labute approximate surface area is 195 Å². The molecule has 1 fully saturated rings. The third kappa shape index (κ3) is 5.03. The van der Waals surface area contributed by atoms with Crippen LogP contribution in [0.15, 0.2) is 48.5 Å². The number of carbonyl (C=O) groups excluding carboxylic acids is 2. The van der Waals surface area contributed by atoms with Gasteiger partial charge in [-0.3, -0.25) is 9.69 Å². The summed E-state index contributed by atoms with van der Waals surface area (Å²) in [4.78, 5) is 39.1. The number of halogens is 1. The maximum absolute atomic E-state index is 13.1. The van der Waals surface area contributed by atoms with E-state index in [1.165, 1.54) is 24.3 Å². The van der Waals surface area contributed by atoms with Crippen LogP contribution in [0.4, 0.5) is 26.8 Å². The van der Waals surface area contributed by atoms with Crippen LogP contribution in [0.5, 0.6) is 5.75 Å². The average Bonchev–Trinajstić information content (AvgIpc) is 3.02. The van der Waals surface area contributed by atoms with Gasteiger partial charge in [0, 0.05) is 5.69 Å². The van der Waals surface area contributed by atoms with Crippen molar-refractivity contribution in [3.05, 3.63) is 65.7 Å². The predicted octanol–water partition coefficient (Wildman–Crippen LogP) is 2.79. The van der Waals surface area contributed by atoms with Gasteiger partial charge in [0.2, 0.25) is 11.9 Å². The highest BCUT2D eigenvalue weighted by atomic mass is 19.1. The molecule has 10 nitrogen and oxygen atoms in total. The van der Waals surface area contributed by atoms with Crippen LogP contribution in [0, 0.1) is 5.82 Å². The molecule has 0 radical (unpaired) electrons. The number of nitrogens with two attached hydrogens (primary N) is 1. The molecule has 1 aliphatic rings. The van der Waals surface area contributed by atoms with Crippen LogP contribution in [-0.2, 0) is 17.8 Å². The van der Waals surface area contributed by atoms with E-state index >= 15 is 0 Å². The van der Waals surface area contributed by atoms with Crippen molar-refractivity contribution in [2.45, 2.75) is 31.8 Å². The summed E-state index contributed by atoms with van der Waals surface area (Å²) in [5.74, 6) is 0.164. The summed E-state index contributed by atoms with van der Waals surface area (Å²) in [6, 6.07) is 12.6. The number of ether oxygens (including phenoxy) is 1. The molecule has 1 saturated heterocycles.